The second-order valence-corrected chi connectivity index (χ2v) is 3.97. The number of ether oxygens (including phenoxy) is 1. The van der Waals surface area contributed by atoms with Crippen LogP contribution < -0.4 is 0 Å². The van der Waals surface area contributed by atoms with Gasteiger partial charge in [0, 0.05) is 0 Å². The van der Waals surface area contributed by atoms with E-state index in [1.807, 2.05) is 0 Å². The van der Waals surface area contributed by atoms with Crippen LogP contribution in [0.25, 0.3) is 0 Å². The molecule has 0 bridgehead atoms. The lowest BCUT2D eigenvalue weighted by Crippen LogP contribution is -2.13. The van der Waals surface area contributed by atoms with E-state index in [2.05, 4.69) is 17.4 Å². The first kappa shape index (κ1) is 9.18. The van der Waals surface area contributed by atoms with E-state index >= 15 is 0 Å². The molecule has 0 aromatic carbocycles. The van der Waals surface area contributed by atoms with Crippen LogP contribution in [0.4, 0.5) is 0 Å². The third-order valence-electron chi connectivity index (χ3n) is 0.300. The molecule has 0 spiro atoms. The van der Waals surface area contributed by atoms with Gasteiger partial charge in [-0.15, -0.1) is 0 Å². The van der Waals surface area contributed by atoms with Gasteiger partial charge in [0.1, 0.15) is 5.44 Å². The van der Waals surface area contributed by atoms with E-state index in [-0.39, 0.29) is 0 Å². The quantitative estimate of drug-likeness (QED) is 0.583. The van der Waals surface area contributed by atoms with Crippen LogP contribution in [0.15, 0.2) is 0 Å². The molecule has 0 aliphatic heterocycles. The summed E-state index contributed by atoms with van der Waals surface area (Å²) in [5.74, 6) is 0. The Kier molecular flexibility index (Phi) is 3.87. The lowest BCUT2D eigenvalue weighted by atomic mass is 10.9. The van der Waals surface area contributed by atoms with Gasteiger partial charge >= 0.3 is 0 Å². The number of hydrogen-bond acceptors (Lipinski definition) is 1. The van der Waals surface area contributed by atoms with Gasteiger partial charge in [0.05, 0.1) is 0 Å². The second kappa shape index (κ2) is 3.37. The Morgan fingerprint density at radius 3 is 1.88 bits per heavy atom. The molecule has 0 heterocycles. The Balaban J connectivity index is 3.39. The van der Waals surface area contributed by atoms with Crippen LogP contribution >= 0.6 is 47.4 Å². The van der Waals surface area contributed by atoms with Gasteiger partial charge in [-0.1, -0.05) is 47.4 Å². The van der Waals surface area contributed by atoms with Crippen LogP contribution in [0.2, 0.25) is 0 Å². The molecule has 0 aromatic heterocycles. The van der Waals surface area contributed by atoms with Gasteiger partial charge in [-0.3, -0.25) is 0 Å². The molecule has 1 atom stereocenters. The summed E-state index contributed by atoms with van der Waals surface area (Å²) in [6.07, 6.45) is 0. The Bertz CT molecular complexity index is 69.4. The van der Waals surface area contributed by atoms with E-state index in [4.69, 9.17) is 34.8 Å². The average Bonchev–Trinajstić information content (AvgIpc) is 1.21. The van der Waals surface area contributed by atoms with Crippen molar-refractivity contribution in [3.05, 3.63) is 0 Å². The van der Waals surface area contributed by atoms with Crippen LogP contribution in [0, 0.1) is 0 Å². The van der Waals surface area contributed by atoms with Crippen molar-refractivity contribution in [2.75, 3.05) is 0 Å². The number of alkyl halides is 3. The van der Waals surface area contributed by atoms with Crippen LogP contribution in [0.5, 0.6) is 0 Å². The van der Waals surface area contributed by atoms with Crippen molar-refractivity contribution in [3.8, 4) is 0 Å². The topological polar surface area (TPSA) is 9.23 Å². The highest BCUT2D eigenvalue weighted by Gasteiger charge is 2.21. The third-order valence-corrected chi connectivity index (χ3v) is 0.663. The van der Waals surface area contributed by atoms with Crippen molar-refractivity contribution in [2.45, 2.75) is 16.3 Å². The summed E-state index contributed by atoms with van der Waals surface area (Å²) in [5.41, 5.74) is -0.470. The molecule has 0 aliphatic carbocycles. The van der Waals surface area contributed by atoms with Gasteiger partial charge in [-0.05, 0) is 6.92 Å². The molecule has 0 aromatic rings. The Labute approximate surface area is 68.6 Å². The molecule has 0 fully saturated rings. The molecule has 1 radical (unpaired) electrons. The highest BCUT2D eigenvalue weighted by Crippen LogP contribution is 2.29. The summed E-state index contributed by atoms with van der Waals surface area (Å²) in [4.78, 5) is 0. The summed E-state index contributed by atoms with van der Waals surface area (Å²) in [7, 11) is 0. The molecule has 0 N–H and O–H groups in total. The van der Waals surface area contributed by atoms with Gasteiger partial charge in [0.25, 0.3) is 3.98 Å². The minimum Gasteiger partial charge on any atom is -0.320 e. The Morgan fingerprint density at radius 2 is 1.88 bits per heavy atom. The summed E-state index contributed by atoms with van der Waals surface area (Å²) in [5, 5.41) is 0. The highest BCUT2D eigenvalue weighted by molar-refractivity contribution is 7.80. The molecule has 49 valence electrons. The summed E-state index contributed by atoms with van der Waals surface area (Å²) in [6, 6.07) is 0. The van der Waals surface area contributed by atoms with E-state index in [9.17, 15) is 0 Å². The first-order chi connectivity index (χ1) is 3.42. The fourth-order valence-electron chi connectivity index (χ4n) is 0.188. The largest absolute Gasteiger partial charge is 0.320 e. The molecular weight excluding hydrogens is 190 g/mol. The van der Waals surface area contributed by atoms with Crippen molar-refractivity contribution in [2.24, 2.45) is 0 Å². The SMILES string of the molecule is CC([S])OC(Cl)(Cl)Cl. The predicted molar refractivity (Wildman–Crippen MR) is 38.4 cm³/mol. The van der Waals surface area contributed by atoms with Crippen LogP contribution in [0.3, 0.4) is 0 Å². The van der Waals surface area contributed by atoms with Gasteiger partial charge < -0.3 is 4.74 Å². The van der Waals surface area contributed by atoms with Crippen molar-refractivity contribution in [1.29, 1.82) is 0 Å². The van der Waals surface area contributed by atoms with Crippen LogP contribution in [0.1, 0.15) is 6.92 Å². The van der Waals surface area contributed by atoms with Gasteiger partial charge in [0.2, 0.25) is 0 Å². The maximum Gasteiger partial charge on any atom is 0.298 e. The minimum absolute atomic E-state index is 0.470. The molecule has 1 nitrogen and oxygen atoms in total. The van der Waals surface area contributed by atoms with E-state index in [1.54, 1.807) is 6.92 Å². The molecule has 0 aliphatic rings. The Hall–Kier alpha value is 1.18. The summed E-state index contributed by atoms with van der Waals surface area (Å²) < 4.78 is 2.88. The average molecular weight is 194 g/mol. The van der Waals surface area contributed by atoms with Crippen molar-refractivity contribution in [1.82, 2.24) is 0 Å². The molecule has 1 unspecified atom stereocenters. The van der Waals surface area contributed by atoms with E-state index in [1.165, 1.54) is 0 Å². The monoisotopic (exact) mass is 193 g/mol. The lowest BCUT2D eigenvalue weighted by molar-refractivity contribution is 0.121. The van der Waals surface area contributed by atoms with Gasteiger partial charge in [0.15, 0.2) is 0 Å². The first-order valence-electron chi connectivity index (χ1n) is 1.82. The van der Waals surface area contributed by atoms with Crippen molar-refractivity contribution < 1.29 is 4.74 Å². The molecule has 0 amide bonds. The lowest BCUT2D eigenvalue weighted by Gasteiger charge is -2.12. The predicted octanol–water partition coefficient (Wildman–Crippen LogP) is 2.87. The van der Waals surface area contributed by atoms with E-state index < -0.39 is 9.41 Å². The fourth-order valence-corrected chi connectivity index (χ4v) is 0.892. The normalized spacial score (nSPS) is 16.1. The van der Waals surface area contributed by atoms with Crippen molar-refractivity contribution >= 4 is 47.4 Å². The first-order valence-corrected chi connectivity index (χ1v) is 3.43. The van der Waals surface area contributed by atoms with Crippen LogP contribution in [-0.2, 0) is 4.74 Å². The fraction of sp³-hybridized carbons (Fsp3) is 1.00. The Morgan fingerprint density at radius 1 is 1.50 bits per heavy atom. The highest BCUT2D eigenvalue weighted by atomic mass is 35.6. The molecule has 0 rings (SSSR count). The molecule has 0 saturated heterocycles. The third kappa shape index (κ3) is 7.18. The molecule has 8 heavy (non-hydrogen) atoms. The van der Waals surface area contributed by atoms with E-state index in [0.717, 1.165) is 0 Å². The molecular formula is C3H4Cl3OS. The van der Waals surface area contributed by atoms with Crippen molar-refractivity contribution in [3.63, 3.8) is 0 Å². The zero-order valence-electron chi connectivity index (χ0n) is 4.03. The molecule has 5 heteroatoms. The standard InChI is InChI=1S/C3H4Cl3OS/c1-2(8)7-3(4,5)6/h2H,1H3. The molecule has 0 saturated carbocycles. The zero-order chi connectivity index (χ0) is 6.78. The number of rotatable bonds is 1. The number of halogens is 3. The zero-order valence-corrected chi connectivity index (χ0v) is 7.11. The van der Waals surface area contributed by atoms with Crippen LogP contribution in [-0.4, -0.2) is 9.41 Å². The van der Waals surface area contributed by atoms with Gasteiger partial charge in [-0.2, -0.15) is 0 Å². The van der Waals surface area contributed by atoms with Gasteiger partial charge in [-0.25, -0.2) is 0 Å². The summed E-state index contributed by atoms with van der Waals surface area (Å²) in [6.45, 7) is 1.61. The maximum absolute atomic E-state index is 5.17. The minimum atomic E-state index is -1.67. The summed E-state index contributed by atoms with van der Waals surface area (Å²) >= 11 is 20.1. The van der Waals surface area contributed by atoms with E-state index in [0.29, 0.717) is 0 Å². The number of hydrogen-bond donors (Lipinski definition) is 0. The maximum atomic E-state index is 5.17. The smallest absolute Gasteiger partial charge is 0.298 e. The second-order valence-electron chi connectivity index (χ2n) is 1.13.